The summed E-state index contributed by atoms with van der Waals surface area (Å²) in [4.78, 5) is 11.7. The fraction of sp³-hybridized carbons (Fsp3) is 0.588. The molecule has 118 valence electrons. The summed E-state index contributed by atoms with van der Waals surface area (Å²) < 4.78 is 0. The van der Waals surface area contributed by atoms with Gasteiger partial charge >= 0.3 is 6.03 Å². The number of carbonyl (C=O) groups excluding carboxylic acids is 1. The standard InChI is InChI=1S/C17H29N3O/c1-5-18-14(4)15-8-10-16(11-9-15)20-17(21)19-12-6-7-13(2)3/h8-11,13-14,18H,5-7,12H2,1-4H3,(H2,19,20,21). The number of carbonyl (C=O) groups is 1. The van der Waals surface area contributed by atoms with Crippen LogP contribution in [0.15, 0.2) is 24.3 Å². The van der Waals surface area contributed by atoms with Crippen LogP contribution in [-0.4, -0.2) is 19.1 Å². The van der Waals surface area contributed by atoms with Crippen molar-refractivity contribution >= 4 is 11.7 Å². The summed E-state index contributed by atoms with van der Waals surface area (Å²) in [6, 6.07) is 8.16. The molecule has 1 atom stereocenters. The van der Waals surface area contributed by atoms with Crippen molar-refractivity contribution in [2.45, 2.75) is 46.6 Å². The van der Waals surface area contributed by atoms with E-state index in [9.17, 15) is 4.79 Å². The van der Waals surface area contributed by atoms with E-state index in [0.717, 1.165) is 31.6 Å². The van der Waals surface area contributed by atoms with E-state index in [0.29, 0.717) is 12.0 Å². The Hall–Kier alpha value is -1.55. The van der Waals surface area contributed by atoms with Gasteiger partial charge in [-0.1, -0.05) is 32.9 Å². The molecule has 0 saturated carbocycles. The van der Waals surface area contributed by atoms with Gasteiger partial charge in [-0.3, -0.25) is 0 Å². The minimum absolute atomic E-state index is 0.133. The minimum atomic E-state index is -0.133. The molecule has 1 aromatic carbocycles. The molecule has 0 spiro atoms. The van der Waals surface area contributed by atoms with Crippen LogP contribution in [0, 0.1) is 5.92 Å². The maximum atomic E-state index is 11.7. The van der Waals surface area contributed by atoms with E-state index in [4.69, 9.17) is 0 Å². The molecule has 4 heteroatoms. The lowest BCUT2D eigenvalue weighted by molar-refractivity contribution is 0.251. The van der Waals surface area contributed by atoms with Gasteiger partial charge in [-0.2, -0.15) is 0 Å². The highest BCUT2D eigenvalue weighted by Crippen LogP contribution is 2.15. The quantitative estimate of drug-likeness (QED) is 0.636. The Kier molecular flexibility index (Phi) is 7.83. The third kappa shape index (κ3) is 7.14. The Labute approximate surface area is 128 Å². The number of amides is 2. The molecule has 3 N–H and O–H groups in total. The first-order valence-corrected chi connectivity index (χ1v) is 7.91. The van der Waals surface area contributed by atoms with E-state index in [-0.39, 0.29) is 6.03 Å². The molecular weight excluding hydrogens is 262 g/mol. The predicted octanol–water partition coefficient (Wildman–Crippen LogP) is 3.91. The molecule has 0 saturated heterocycles. The van der Waals surface area contributed by atoms with Crippen molar-refractivity contribution in [3.05, 3.63) is 29.8 Å². The number of hydrogen-bond donors (Lipinski definition) is 3. The number of anilines is 1. The molecule has 21 heavy (non-hydrogen) atoms. The molecule has 0 heterocycles. The van der Waals surface area contributed by atoms with Crippen LogP contribution in [-0.2, 0) is 0 Å². The fourth-order valence-corrected chi connectivity index (χ4v) is 2.17. The zero-order chi connectivity index (χ0) is 15.7. The largest absolute Gasteiger partial charge is 0.338 e. The molecule has 0 aliphatic carbocycles. The molecule has 0 bridgehead atoms. The van der Waals surface area contributed by atoms with Crippen molar-refractivity contribution in [1.82, 2.24) is 10.6 Å². The van der Waals surface area contributed by atoms with Gasteiger partial charge in [0.2, 0.25) is 0 Å². The van der Waals surface area contributed by atoms with Crippen LogP contribution < -0.4 is 16.0 Å². The molecule has 1 rings (SSSR count). The minimum Gasteiger partial charge on any atom is -0.338 e. The van der Waals surface area contributed by atoms with E-state index in [1.807, 2.05) is 24.3 Å². The summed E-state index contributed by atoms with van der Waals surface area (Å²) >= 11 is 0. The first kappa shape index (κ1) is 17.5. The lowest BCUT2D eigenvalue weighted by atomic mass is 10.1. The average Bonchev–Trinajstić information content (AvgIpc) is 2.44. The highest BCUT2D eigenvalue weighted by atomic mass is 16.2. The number of benzene rings is 1. The zero-order valence-corrected chi connectivity index (χ0v) is 13.7. The molecule has 0 radical (unpaired) electrons. The smallest absolute Gasteiger partial charge is 0.319 e. The molecule has 0 fully saturated rings. The van der Waals surface area contributed by atoms with Gasteiger partial charge in [0.25, 0.3) is 0 Å². The zero-order valence-electron chi connectivity index (χ0n) is 13.7. The van der Waals surface area contributed by atoms with Crippen molar-refractivity contribution < 1.29 is 4.79 Å². The van der Waals surface area contributed by atoms with Crippen molar-refractivity contribution in [3.63, 3.8) is 0 Å². The average molecular weight is 291 g/mol. The van der Waals surface area contributed by atoms with Gasteiger partial charge in [-0.05, 0) is 49.9 Å². The third-order valence-electron chi connectivity index (χ3n) is 3.42. The molecule has 1 unspecified atom stereocenters. The first-order valence-electron chi connectivity index (χ1n) is 7.91. The van der Waals surface area contributed by atoms with E-state index in [1.165, 1.54) is 5.56 Å². The van der Waals surface area contributed by atoms with E-state index in [2.05, 4.69) is 43.6 Å². The predicted molar refractivity (Wildman–Crippen MR) is 89.6 cm³/mol. The summed E-state index contributed by atoms with van der Waals surface area (Å²) in [7, 11) is 0. The van der Waals surface area contributed by atoms with Crippen LogP contribution in [0.4, 0.5) is 10.5 Å². The van der Waals surface area contributed by atoms with Gasteiger partial charge in [0.05, 0.1) is 0 Å². The Morgan fingerprint density at radius 2 is 1.81 bits per heavy atom. The Morgan fingerprint density at radius 3 is 2.38 bits per heavy atom. The van der Waals surface area contributed by atoms with Gasteiger partial charge in [0, 0.05) is 18.3 Å². The third-order valence-corrected chi connectivity index (χ3v) is 3.42. The lowest BCUT2D eigenvalue weighted by Crippen LogP contribution is -2.29. The Bertz CT molecular complexity index is 415. The summed E-state index contributed by atoms with van der Waals surface area (Å²) in [6.07, 6.45) is 2.15. The first-order chi connectivity index (χ1) is 10.0. The molecule has 0 aliphatic rings. The van der Waals surface area contributed by atoms with Gasteiger partial charge in [-0.25, -0.2) is 4.79 Å². The van der Waals surface area contributed by atoms with Crippen LogP contribution in [0.2, 0.25) is 0 Å². The molecule has 0 aromatic heterocycles. The summed E-state index contributed by atoms with van der Waals surface area (Å²) in [6.45, 7) is 10.3. The molecule has 1 aromatic rings. The number of hydrogen-bond acceptors (Lipinski definition) is 2. The summed E-state index contributed by atoms with van der Waals surface area (Å²) in [5.74, 6) is 0.682. The van der Waals surface area contributed by atoms with Crippen molar-refractivity contribution in [2.75, 3.05) is 18.4 Å². The van der Waals surface area contributed by atoms with Crippen molar-refractivity contribution in [2.24, 2.45) is 5.92 Å². The van der Waals surface area contributed by atoms with Gasteiger partial charge < -0.3 is 16.0 Å². The summed E-state index contributed by atoms with van der Waals surface area (Å²) in [5.41, 5.74) is 2.04. The highest BCUT2D eigenvalue weighted by Gasteiger charge is 2.05. The van der Waals surface area contributed by atoms with E-state index < -0.39 is 0 Å². The Morgan fingerprint density at radius 1 is 1.14 bits per heavy atom. The fourth-order valence-electron chi connectivity index (χ4n) is 2.17. The molecule has 4 nitrogen and oxygen atoms in total. The molecular formula is C17H29N3O. The van der Waals surface area contributed by atoms with Crippen LogP contribution in [0.3, 0.4) is 0 Å². The van der Waals surface area contributed by atoms with Crippen LogP contribution >= 0.6 is 0 Å². The monoisotopic (exact) mass is 291 g/mol. The second-order valence-electron chi connectivity index (χ2n) is 5.82. The van der Waals surface area contributed by atoms with Crippen LogP contribution in [0.5, 0.6) is 0 Å². The number of urea groups is 1. The number of rotatable bonds is 8. The summed E-state index contributed by atoms with van der Waals surface area (Å²) in [5, 5.41) is 9.11. The van der Waals surface area contributed by atoms with Crippen LogP contribution in [0.1, 0.15) is 52.1 Å². The number of nitrogens with one attached hydrogen (secondary N) is 3. The van der Waals surface area contributed by atoms with Crippen molar-refractivity contribution in [3.8, 4) is 0 Å². The highest BCUT2D eigenvalue weighted by molar-refractivity contribution is 5.89. The Balaban J connectivity index is 2.36. The van der Waals surface area contributed by atoms with Gasteiger partial charge in [0.15, 0.2) is 0 Å². The van der Waals surface area contributed by atoms with Gasteiger partial charge in [-0.15, -0.1) is 0 Å². The second kappa shape index (κ2) is 9.40. The topological polar surface area (TPSA) is 53.2 Å². The van der Waals surface area contributed by atoms with Crippen molar-refractivity contribution in [1.29, 1.82) is 0 Å². The van der Waals surface area contributed by atoms with Gasteiger partial charge in [0.1, 0.15) is 0 Å². The molecule has 0 aliphatic heterocycles. The van der Waals surface area contributed by atoms with E-state index >= 15 is 0 Å². The van der Waals surface area contributed by atoms with E-state index in [1.54, 1.807) is 0 Å². The van der Waals surface area contributed by atoms with Crippen LogP contribution in [0.25, 0.3) is 0 Å². The SMILES string of the molecule is CCNC(C)c1ccc(NC(=O)NCCCC(C)C)cc1. The molecule has 2 amide bonds. The maximum absolute atomic E-state index is 11.7. The second-order valence-corrected chi connectivity index (χ2v) is 5.82. The normalized spacial score (nSPS) is 12.2. The lowest BCUT2D eigenvalue weighted by Gasteiger charge is -2.13. The maximum Gasteiger partial charge on any atom is 0.319 e.